The summed E-state index contributed by atoms with van der Waals surface area (Å²) < 4.78 is 18.1. The lowest BCUT2D eigenvalue weighted by Gasteiger charge is -2.28. The van der Waals surface area contributed by atoms with Gasteiger partial charge in [0.25, 0.3) is 11.8 Å². The van der Waals surface area contributed by atoms with Crippen LogP contribution in [0, 0.1) is 5.82 Å². The molecule has 0 unspecified atom stereocenters. The maximum Gasteiger partial charge on any atom is 0.270 e. The molecule has 132 valence electrons. The third-order valence-corrected chi connectivity index (χ3v) is 4.02. The number of thiocarbonyl (C=S) groups is 1. The molecule has 0 atom stereocenters. The second-order valence-electron chi connectivity index (χ2n) is 5.33. The summed E-state index contributed by atoms with van der Waals surface area (Å²) >= 11 is 5.06. The van der Waals surface area contributed by atoms with Crippen LogP contribution in [0.3, 0.4) is 0 Å². The maximum atomic E-state index is 13.1. The Labute approximate surface area is 153 Å². The van der Waals surface area contributed by atoms with Gasteiger partial charge in [-0.25, -0.2) is 4.39 Å². The van der Waals surface area contributed by atoms with Gasteiger partial charge in [0.15, 0.2) is 16.6 Å². The fraction of sp³-hybridized carbons (Fsp3) is 0.0556. The van der Waals surface area contributed by atoms with E-state index < -0.39 is 17.6 Å². The Morgan fingerprint density at radius 2 is 1.88 bits per heavy atom. The number of hydrogen-bond donors (Lipinski definition) is 2. The Bertz CT molecular complexity index is 941. The van der Waals surface area contributed by atoms with E-state index in [9.17, 15) is 19.1 Å². The lowest BCUT2D eigenvalue weighted by atomic mass is 10.1. The minimum Gasteiger partial charge on any atom is -0.504 e. The maximum absolute atomic E-state index is 13.1. The molecule has 2 aromatic carbocycles. The van der Waals surface area contributed by atoms with Crippen LogP contribution >= 0.6 is 12.2 Å². The molecule has 1 heterocycles. The topological polar surface area (TPSA) is 78.9 Å². The van der Waals surface area contributed by atoms with E-state index in [2.05, 4.69) is 5.32 Å². The molecule has 2 N–H and O–H groups in total. The van der Waals surface area contributed by atoms with Crippen molar-refractivity contribution in [3.8, 4) is 11.5 Å². The number of carbonyl (C=O) groups excluding carboxylic acids is 2. The Morgan fingerprint density at radius 3 is 2.54 bits per heavy atom. The monoisotopic (exact) mass is 372 g/mol. The molecule has 1 aliphatic heterocycles. The summed E-state index contributed by atoms with van der Waals surface area (Å²) in [5.41, 5.74) is 0.309. The van der Waals surface area contributed by atoms with Crippen molar-refractivity contribution in [2.75, 3.05) is 12.0 Å². The number of hydrogen-bond acceptors (Lipinski definition) is 5. The molecule has 26 heavy (non-hydrogen) atoms. The molecule has 3 rings (SSSR count). The first kappa shape index (κ1) is 17.6. The highest BCUT2D eigenvalue weighted by molar-refractivity contribution is 7.80. The third-order valence-electron chi connectivity index (χ3n) is 3.74. The van der Waals surface area contributed by atoms with Crippen LogP contribution in [0.15, 0.2) is 48.0 Å². The largest absolute Gasteiger partial charge is 0.504 e. The van der Waals surface area contributed by atoms with E-state index in [1.807, 2.05) is 0 Å². The zero-order chi connectivity index (χ0) is 18.8. The average molecular weight is 372 g/mol. The highest BCUT2D eigenvalue weighted by atomic mass is 32.1. The summed E-state index contributed by atoms with van der Waals surface area (Å²) in [6, 6.07) is 9.78. The van der Waals surface area contributed by atoms with Crippen LogP contribution in [-0.2, 0) is 9.59 Å². The van der Waals surface area contributed by atoms with Crippen molar-refractivity contribution in [3.63, 3.8) is 0 Å². The molecule has 1 saturated heterocycles. The van der Waals surface area contributed by atoms with Gasteiger partial charge in [0.05, 0.1) is 12.8 Å². The minimum absolute atomic E-state index is 0.112. The summed E-state index contributed by atoms with van der Waals surface area (Å²) in [4.78, 5) is 26.1. The van der Waals surface area contributed by atoms with Crippen LogP contribution in [0.1, 0.15) is 5.56 Å². The lowest BCUT2D eigenvalue weighted by molar-refractivity contribution is -0.122. The summed E-state index contributed by atoms with van der Waals surface area (Å²) in [6.07, 6.45) is 1.24. The van der Waals surface area contributed by atoms with E-state index in [1.165, 1.54) is 43.5 Å². The van der Waals surface area contributed by atoms with Crippen molar-refractivity contribution in [2.45, 2.75) is 0 Å². The van der Waals surface area contributed by atoms with Gasteiger partial charge in [-0.2, -0.15) is 0 Å². The summed E-state index contributed by atoms with van der Waals surface area (Å²) in [5.74, 6) is -1.85. The first-order valence-electron chi connectivity index (χ1n) is 7.45. The van der Waals surface area contributed by atoms with Crippen LogP contribution in [0.25, 0.3) is 6.08 Å². The van der Waals surface area contributed by atoms with Gasteiger partial charge in [-0.15, -0.1) is 0 Å². The molecule has 8 heteroatoms. The fourth-order valence-electron chi connectivity index (χ4n) is 2.46. The van der Waals surface area contributed by atoms with Gasteiger partial charge in [-0.3, -0.25) is 19.8 Å². The third kappa shape index (κ3) is 3.14. The van der Waals surface area contributed by atoms with Gasteiger partial charge in [-0.05, 0) is 48.6 Å². The highest BCUT2D eigenvalue weighted by Gasteiger charge is 2.34. The number of anilines is 1. The number of aromatic hydroxyl groups is 1. The number of para-hydroxylation sites is 1. The highest BCUT2D eigenvalue weighted by Crippen LogP contribution is 2.32. The van der Waals surface area contributed by atoms with Crippen molar-refractivity contribution >= 4 is 40.9 Å². The molecule has 2 aromatic rings. The van der Waals surface area contributed by atoms with Crippen molar-refractivity contribution in [1.29, 1.82) is 0 Å². The number of rotatable bonds is 3. The second-order valence-corrected chi connectivity index (χ2v) is 5.72. The van der Waals surface area contributed by atoms with Crippen molar-refractivity contribution < 1.29 is 23.8 Å². The molecule has 1 fully saturated rings. The zero-order valence-electron chi connectivity index (χ0n) is 13.5. The van der Waals surface area contributed by atoms with E-state index in [-0.39, 0.29) is 27.7 Å². The molecular formula is C18H13FN2O4S. The number of halogens is 1. The minimum atomic E-state index is -0.694. The summed E-state index contributed by atoms with van der Waals surface area (Å²) in [7, 11) is 1.39. The summed E-state index contributed by atoms with van der Waals surface area (Å²) in [5, 5.41) is 12.5. The van der Waals surface area contributed by atoms with Gasteiger partial charge >= 0.3 is 0 Å². The number of carbonyl (C=O) groups is 2. The molecule has 0 saturated carbocycles. The number of phenols is 1. The van der Waals surface area contributed by atoms with Crippen molar-refractivity contribution in [2.24, 2.45) is 0 Å². The van der Waals surface area contributed by atoms with E-state index >= 15 is 0 Å². The van der Waals surface area contributed by atoms with Crippen LogP contribution in [-0.4, -0.2) is 29.1 Å². The zero-order valence-corrected chi connectivity index (χ0v) is 14.3. The number of phenolic OH excluding ortho intramolecular Hbond substituents is 1. The lowest BCUT2D eigenvalue weighted by Crippen LogP contribution is -2.54. The number of nitrogens with zero attached hydrogens (tertiary/aromatic N) is 1. The molecule has 1 aliphatic rings. The van der Waals surface area contributed by atoms with Crippen LogP contribution in [0.2, 0.25) is 0 Å². The molecule has 2 amide bonds. The quantitative estimate of drug-likeness (QED) is 0.491. The first-order chi connectivity index (χ1) is 12.4. The molecular weight excluding hydrogens is 359 g/mol. The predicted octanol–water partition coefficient (Wildman–Crippen LogP) is 2.37. The SMILES string of the molecule is COc1cccc(/C=C2/C(=O)NC(=S)N(c3ccc(F)cc3)C2=O)c1O. The molecule has 0 radical (unpaired) electrons. The molecule has 0 aromatic heterocycles. The van der Waals surface area contributed by atoms with E-state index in [0.29, 0.717) is 5.69 Å². The molecule has 0 bridgehead atoms. The van der Waals surface area contributed by atoms with Gasteiger partial charge in [0.2, 0.25) is 0 Å². The molecule has 0 spiro atoms. The van der Waals surface area contributed by atoms with Gasteiger partial charge in [0.1, 0.15) is 11.4 Å². The number of nitrogens with one attached hydrogen (secondary N) is 1. The van der Waals surface area contributed by atoms with E-state index in [4.69, 9.17) is 17.0 Å². The van der Waals surface area contributed by atoms with Gasteiger partial charge in [0, 0.05) is 5.56 Å². The Balaban J connectivity index is 2.04. The van der Waals surface area contributed by atoms with E-state index in [1.54, 1.807) is 12.1 Å². The number of methoxy groups -OCH3 is 1. The smallest absolute Gasteiger partial charge is 0.270 e. The van der Waals surface area contributed by atoms with Gasteiger partial charge < -0.3 is 9.84 Å². The first-order valence-corrected chi connectivity index (χ1v) is 7.86. The molecule has 6 nitrogen and oxygen atoms in total. The summed E-state index contributed by atoms with van der Waals surface area (Å²) in [6.45, 7) is 0. The average Bonchev–Trinajstić information content (AvgIpc) is 2.61. The van der Waals surface area contributed by atoms with Crippen LogP contribution in [0.4, 0.5) is 10.1 Å². The van der Waals surface area contributed by atoms with Gasteiger partial charge in [-0.1, -0.05) is 12.1 Å². The molecule has 0 aliphatic carbocycles. The number of ether oxygens (including phenoxy) is 1. The number of amides is 2. The van der Waals surface area contributed by atoms with Crippen LogP contribution < -0.4 is 15.0 Å². The second kappa shape index (κ2) is 6.93. The van der Waals surface area contributed by atoms with E-state index in [0.717, 1.165) is 4.90 Å². The normalized spacial score (nSPS) is 16.0. The number of benzene rings is 2. The van der Waals surface area contributed by atoms with Crippen molar-refractivity contribution in [3.05, 3.63) is 59.4 Å². The Morgan fingerprint density at radius 1 is 1.19 bits per heavy atom. The predicted molar refractivity (Wildman–Crippen MR) is 97.3 cm³/mol. The van der Waals surface area contributed by atoms with Crippen molar-refractivity contribution in [1.82, 2.24) is 5.32 Å². The Hall–Kier alpha value is -3.26. The standard InChI is InChI=1S/C18H13FN2O4S/c1-25-14-4-2-3-10(15(14)22)9-13-16(23)20-18(26)21(17(13)24)12-7-5-11(19)6-8-12/h2-9,22H,1H3,(H,20,23,26)/b13-9-. The Kier molecular flexibility index (Phi) is 4.68. The van der Waals surface area contributed by atoms with Crippen LogP contribution in [0.5, 0.6) is 11.5 Å². The fourth-order valence-corrected chi connectivity index (χ4v) is 2.74.